The molecule has 4 aromatic rings. The summed E-state index contributed by atoms with van der Waals surface area (Å²) in [7, 11) is 0. The fourth-order valence-corrected chi connectivity index (χ4v) is 3.12. The number of nitrogens with one attached hydrogen (secondary N) is 2. The summed E-state index contributed by atoms with van der Waals surface area (Å²) < 4.78 is 40.5. The van der Waals surface area contributed by atoms with Crippen LogP contribution in [0.2, 0.25) is 0 Å². The molecule has 9 nitrogen and oxygen atoms in total. The molecule has 0 fully saturated rings. The Morgan fingerprint density at radius 2 is 1.94 bits per heavy atom. The van der Waals surface area contributed by atoms with E-state index in [1.54, 1.807) is 6.20 Å². The third-order valence-corrected chi connectivity index (χ3v) is 4.74. The number of unbranched alkanes of at least 4 members (excludes halogenated alkanes) is 1. The Kier molecular flexibility index (Phi) is 5.21. The second kappa shape index (κ2) is 7.85. The number of imidazole rings is 1. The maximum absolute atomic E-state index is 12.6. The Balaban J connectivity index is 1.59. The Hall–Kier alpha value is -3.70. The Bertz CT molecular complexity index is 1330. The van der Waals surface area contributed by atoms with Gasteiger partial charge in [0.15, 0.2) is 5.65 Å². The molecular weight excluding hydrogens is 415 g/mol. The summed E-state index contributed by atoms with van der Waals surface area (Å²) >= 11 is 0. The molecule has 0 unspecified atom stereocenters. The molecule has 0 aliphatic rings. The summed E-state index contributed by atoms with van der Waals surface area (Å²) in [5.41, 5.74) is -0.503. The minimum Gasteiger partial charge on any atom is -0.332 e. The highest BCUT2D eigenvalue weighted by molar-refractivity contribution is 5.74. The molecule has 0 spiro atoms. The summed E-state index contributed by atoms with van der Waals surface area (Å²) in [6, 6.07) is 2.25. The van der Waals surface area contributed by atoms with Gasteiger partial charge in [-0.2, -0.15) is 18.3 Å². The smallest absolute Gasteiger partial charge is 0.332 e. The van der Waals surface area contributed by atoms with Gasteiger partial charge in [-0.1, -0.05) is 19.4 Å². The molecule has 0 aliphatic carbocycles. The van der Waals surface area contributed by atoms with Crippen molar-refractivity contribution in [2.24, 2.45) is 0 Å². The van der Waals surface area contributed by atoms with E-state index in [4.69, 9.17) is 0 Å². The van der Waals surface area contributed by atoms with E-state index >= 15 is 0 Å². The van der Waals surface area contributed by atoms with Crippen LogP contribution in [0.3, 0.4) is 0 Å². The number of aromatic nitrogens is 7. The number of hydrogen-bond acceptors (Lipinski definition) is 5. The van der Waals surface area contributed by atoms with E-state index in [0.29, 0.717) is 29.9 Å². The summed E-state index contributed by atoms with van der Waals surface area (Å²) in [5.74, 6) is 0.341. The van der Waals surface area contributed by atoms with E-state index in [1.807, 2.05) is 6.92 Å². The Morgan fingerprint density at radius 3 is 2.61 bits per heavy atom. The lowest BCUT2D eigenvalue weighted by atomic mass is 10.2. The van der Waals surface area contributed by atoms with Crippen LogP contribution in [-0.2, 0) is 19.3 Å². The predicted molar refractivity (Wildman–Crippen MR) is 105 cm³/mol. The molecule has 4 aromatic heterocycles. The van der Waals surface area contributed by atoms with Crippen LogP contribution in [0.5, 0.6) is 0 Å². The molecule has 0 amide bonds. The number of H-pyrrole nitrogens is 2. The number of aromatic amines is 2. The largest absolute Gasteiger partial charge is 0.433 e. The molecule has 4 rings (SSSR count). The molecule has 0 saturated carbocycles. The molecule has 0 aromatic carbocycles. The van der Waals surface area contributed by atoms with Crippen LogP contribution in [-0.4, -0.2) is 34.3 Å². The predicted octanol–water partition coefficient (Wildman–Crippen LogP) is 2.54. The lowest BCUT2D eigenvalue weighted by molar-refractivity contribution is -0.141. The van der Waals surface area contributed by atoms with E-state index in [2.05, 4.69) is 25.0 Å². The highest BCUT2D eigenvalue weighted by Crippen LogP contribution is 2.27. The first-order valence-electron chi connectivity index (χ1n) is 9.54. The fourth-order valence-electron chi connectivity index (χ4n) is 3.12. The van der Waals surface area contributed by atoms with Gasteiger partial charge in [0.25, 0.3) is 5.56 Å². The molecule has 0 atom stereocenters. The van der Waals surface area contributed by atoms with Gasteiger partial charge in [0.2, 0.25) is 0 Å². The maximum atomic E-state index is 12.6. The number of rotatable bonds is 6. The van der Waals surface area contributed by atoms with Crippen molar-refractivity contribution in [1.82, 2.24) is 34.3 Å². The van der Waals surface area contributed by atoms with Gasteiger partial charge in [-0.25, -0.2) is 9.78 Å². The molecule has 12 heteroatoms. The lowest BCUT2D eigenvalue weighted by Gasteiger charge is -2.06. The Morgan fingerprint density at radius 1 is 1.13 bits per heavy atom. The number of hydrogen-bond donors (Lipinski definition) is 2. The van der Waals surface area contributed by atoms with Crippen molar-refractivity contribution in [3.63, 3.8) is 0 Å². The number of nitrogens with zero attached hydrogens (tertiary/aromatic N) is 5. The summed E-state index contributed by atoms with van der Waals surface area (Å²) in [6.45, 7) is 2.48. The first-order chi connectivity index (χ1) is 14.8. The van der Waals surface area contributed by atoms with Gasteiger partial charge in [-0.15, -0.1) is 0 Å². The summed E-state index contributed by atoms with van der Waals surface area (Å²) in [4.78, 5) is 38.0. The van der Waals surface area contributed by atoms with Crippen LogP contribution in [0.25, 0.3) is 22.6 Å². The highest BCUT2D eigenvalue weighted by Gasteiger charge is 2.32. The molecule has 0 radical (unpaired) electrons. The zero-order valence-electron chi connectivity index (χ0n) is 16.4. The molecule has 0 bridgehead atoms. The monoisotopic (exact) mass is 433 g/mol. The third-order valence-electron chi connectivity index (χ3n) is 4.74. The summed E-state index contributed by atoms with van der Waals surface area (Å²) in [6.07, 6.45) is 1.32. The van der Waals surface area contributed by atoms with Crippen LogP contribution in [0.4, 0.5) is 13.2 Å². The van der Waals surface area contributed by atoms with Gasteiger partial charge in [0.1, 0.15) is 17.0 Å². The van der Waals surface area contributed by atoms with Crippen LogP contribution in [0.1, 0.15) is 31.0 Å². The number of fused-ring (bicyclic) bond motifs is 1. The van der Waals surface area contributed by atoms with E-state index in [9.17, 15) is 22.8 Å². The molecule has 0 aliphatic heterocycles. The van der Waals surface area contributed by atoms with Crippen molar-refractivity contribution in [2.45, 2.75) is 39.0 Å². The molecular formula is C19H18F3N7O2. The minimum absolute atomic E-state index is 0.150. The molecule has 4 heterocycles. The van der Waals surface area contributed by atoms with Crippen molar-refractivity contribution in [2.75, 3.05) is 0 Å². The van der Waals surface area contributed by atoms with Crippen molar-refractivity contribution < 1.29 is 13.2 Å². The summed E-state index contributed by atoms with van der Waals surface area (Å²) in [5, 5.41) is 4.18. The molecule has 31 heavy (non-hydrogen) atoms. The van der Waals surface area contributed by atoms with Gasteiger partial charge in [0.05, 0.1) is 18.3 Å². The minimum atomic E-state index is -4.49. The van der Waals surface area contributed by atoms with Crippen LogP contribution in [0, 0.1) is 0 Å². The molecule has 162 valence electrons. The van der Waals surface area contributed by atoms with E-state index < -0.39 is 23.1 Å². The van der Waals surface area contributed by atoms with Crippen LogP contribution < -0.4 is 11.2 Å². The van der Waals surface area contributed by atoms with Gasteiger partial charge < -0.3 is 4.98 Å². The molecule has 0 saturated heterocycles. The van der Waals surface area contributed by atoms with Gasteiger partial charge in [-0.05, 0) is 18.1 Å². The first-order valence-corrected chi connectivity index (χ1v) is 9.54. The highest BCUT2D eigenvalue weighted by atomic mass is 19.4. The van der Waals surface area contributed by atoms with Crippen LogP contribution in [0.15, 0.2) is 40.3 Å². The van der Waals surface area contributed by atoms with Gasteiger partial charge in [-0.3, -0.25) is 24.0 Å². The van der Waals surface area contributed by atoms with E-state index in [1.165, 1.54) is 16.9 Å². The second-order valence-corrected chi connectivity index (χ2v) is 7.03. The maximum Gasteiger partial charge on any atom is 0.433 e. The normalized spacial score (nSPS) is 12.0. The zero-order valence-corrected chi connectivity index (χ0v) is 16.4. The number of halogens is 3. The number of alkyl halides is 3. The van der Waals surface area contributed by atoms with Crippen molar-refractivity contribution in [3.05, 3.63) is 62.8 Å². The zero-order chi connectivity index (χ0) is 22.2. The lowest BCUT2D eigenvalue weighted by Crippen LogP contribution is -2.35. The molecule has 2 N–H and O–H groups in total. The standard InChI is InChI=1S/C19H18F3N7O2/c1-2-3-6-29-17(30)14-16(27-18(29)31)26-15(25-14)12-8-24-28(10-12)9-11-4-5-13(23-7-11)19(20,21)22/h4-5,7-8,10H,2-3,6,9H2,1H3,(H,25,26)(H,27,31). The fraction of sp³-hybridized carbons (Fsp3) is 0.316. The SMILES string of the molecule is CCCCn1c(=O)[nH]c2nc(-c3cnn(Cc4ccc(C(F)(F)F)nc4)c3)[nH]c2c1=O. The quantitative estimate of drug-likeness (QED) is 0.485. The van der Waals surface area contributed by atoms with Crippen molar-refractivity contribution >= 4 is 11.2 Å². The third kappa shape index (κ3) is 4.13. The second-order valence-electron chi connectivity index (χ2n) is 7.03. The first kappa shape index (κ1) is 20.6. The topological polar surface area (TPSA) is 114 Å². The van der Waals surface area contributed by atoms with Crippen LogP contribution >= 0.6 is 0 Å². The van der Waals surface area contributed by atoms with Gasteiger partial charge in [0, 0.05) is 18.9 Å². The van der Waals surface area contributed by atoms with Crippen molar-refractivity contribution in [1.29, 1.82) is 0 Å². The Labute approximate surface area is 172 Å². The number of pyridine rings is 1. The van der Waals surface area contributed by atoms with Crippen molar-refractivity contribution in [3.8, 4) is 11.4 Å². The average molecular weight is 433 g/mol. The average Bonchev–Trinajstić information content (AvgIpc) is 3.34. The van der Waals surface area contributed by atoms with Gasteiger partial charge >= 0.3 is 11.9 Å². The van der Waals surface area contributed by atoms with E-state index in [0.717, 1.165) is 23.3 Å². The van der Waals surface area contributed by atoms with E-state index in [-0.39, 0.29) is 17.7 Å².